The third-order valence-electron chi connectivity index (χ3n) is 3.54. The summed E-state index contributed by atoms with van der Waals surface area (Å²) < 4.78 is 7.43. The normalized spacial score (nSPS) is 22.0. The molecule has 5 heteroatoms. The highest BCUT2D eigenvalue weighted by Gasteiger charge is 2.24. The van der Waals surface area contributed by atoms with Crippen molar-refractivity contribution in [1.82, 2.24) is 15.1 Å². The molecule has 3 heterocycles. The number of fused-ring (bicyclic) bond motifs is 1. The topological polar surface area (TPSA) is 59.0 Å². The van der Waals surface area contributed by atoms with E-state index in [1.54, 1.807) is 0 Å². The summed E-state index contributed by atoms with van der Waals surface area (Å²) in [5.41, 5.74) is 2.04. The average molecular weight is 223 g/mol. The van der Waals surface area contributed by atoms with Crippen LogP contribution in [0.5, 0.6) is 0 Å². The molecule has 0 spiro atoms. The third kappa shape index (κ3) is 1.60. The molecule has 88 valence electrons. The molecule has 0 amide bonds. The zero-order valence-corrected chi connectivity index (χ0v) is 9.29. The fourth-order valence-corrected chi connectivity index (χ4v) is 2.66. The minimum absolute atomic E-state index is 0.0354. The van der Waals surface area contributed by atoms with Crippen LogP contribution < -0.4 is 10.9 Å². The second-order valence-electron chi connectivity index (χ2n) is 4.52. The van der Waals surface area contributed by atoms with Crippen LogP contribution in [-0.2, 0) is 17.8 Å². The smallest absolute Gasteiger partial charge is 0.269 e. The predicted octanol–water partition coefficient (Wildman–Crippen LogP) is 0.174. The molecule has 0 radical (unpaired) electrons. The molecule has 0 bridgehead atoms. The first-order valence-corrected chi connectivity index (χ1v) is 5.97. The molecule has 1 saturated heterocycles. The van der Waals surface area contributed by atoms with Crippen LogP contribution in [0.4, 0.5) is 0 Å². The van der Waals surface area contributed by atoms with Gasteiger partial charge in [0.2, 0.25) is 0 Å². The van der Waals surface area contributed by atoms with E-state index in [0.717, 1.165) is 44.5 Å². The van der Waals surface area contributed by atoms with Gasteiger partial charge in [-0.05, 0) is 25.9 Å². The van der Waals surface area contributed by atoms with E-state index in [0.29, 0.717) is 12.6 Å². The summed E-state index contributed by atoms with van der Waals surface area (Å²) in [7, 11) is 0. The van der Waals surface area contributed by atoms with Crippen molar-refractivity contribution in [2.45, 2.75) is 31.9 Å². The minimum atomic E-state index is 0.0354. The van der Waals surface area contributed by atoms with E-state index in [1.165, 1.54) is 5.69 Å². The second-order valence-corrected chi connectivity index (χ2v) is 4.52. The van der Waals surface area contributed by atoms with Crippen molar-refractivity contribution in [2.24, 2.45) is 0 Å². The Bertz CT molecular complexity index is 429. The zero-order valence-electron chi connectivity index (χ0n) is 9.29. The summed E-state index contributed by atoms with van der Waals surface area (Å²) in [6.07, 6.45) is 3.05. The fourth-order valence-electron chi connectivity index (χ4n) is 2.66. The van der Waals surface area contributed by atoms with E-state index in [4.69, 9.17) is 4.74 Å². The molecule has 0 aromatic carbocycles. The van der Waals surface area contributed by atoms with Crippen molar-refractivity contribution in [2.75, 3.05) is 19.7 Å². The van der Waals surface area contributed by atoms with Gasteiger partial charge in [0, 0.05) is 12.1 Å². The lowest BCUT2D eigenvalue weighted by Gasteiger charge is -2.26. The number of hydrogen-bond donors (Lipinski definition) is 2. The van der Waals surface area contributed by atoms with Crippen LogP contribution in [0, 0.1) is 0 Å². The van der Waals surface area contributed by atoms with Gasteiger partial charge in [0.15, 0.2) is 0 Å². The maximum Gasteiger partial charge on any atom is 0.269 e. The maximum atomic E-state index is 11.8. The Kier molecular flexibility index (Phi) is 2.57. The van der Waals surface area contributed by atoms with E-state index in [-0.39, 0.29) is 5.56 Å². The molecular formula is C11H17N3O2. The third-order valence-corrected chi connectivity index (χ3v) is 3.54. The molecule has 0 aliphatic carbocycles. The first-order chi connectivity index (χ1) is 7.86. The summed E-state index contributed by atoms with van der Waals surface area (Å²) in [5.74, 6) is 0. The first-order valence-electron chi connectivity index (χ1n) is 5.97. The van der Waals surface area contributed by atoms with Crippen molar-refractivity contribution in [1.29, 1.82) is 0 Å². The molecule has 5 nitrogen and oxygen atoms in total. The first kappa shape index (κ1) is 10.1. The van der Waals surface area contributed by atoms with Crippen LogP contribution in [-0.4, -0.2) is 29.5 Å². The molecule has 2 N–H and O–H groups in total. The minimum Gasteiger partial charge on any atom is -0.376 e. The number of piperidine rings is 1. The van der Waals surface area contributed by atoms with Crippen LogP contribution in [0.3, 0.4) is 0 Å². The highest BCUT2D eigenvalue weighted by Crippen LogP contribution is 2.22. The molecule has 1 fully saturated rings. The van der Waals surface area contributed by atoms with E-state index in [1.807, 2.05) is 0 Å². The number of H-pyrrole nitrogens is 1. The molecule has 0 saturated carbocycles. The van der Waals surface area contributed by atoms with Gasteiger partial charge in [-0.15, -0.1) is 0 Å². The largest absolute Gasteiger partial charge is 0.376 e. The Morgan fingerprint density at radius 2 is 2.12 bits per heavy atom. The highest BCUT2D eigenvalue weighted by atomic mass is 16.5. The van der Waals surface area contributed by atoms with Crippen molar-refractivity contribution >= 4 is 0 Å². The molecule has 1 aromatic heterocycles. The quantitative estimate of drug-likeness (QED) is 0.713. The highest BCUT2D eigenvalue weighted by molar-refractivity contribution is 5.20. The summed E-state index contributed by atoms with van der Waals surface area (Å²) in [6.45, 7) is 3.28. The van der Waals surface area contributed by atoms with Crippen molar-refractivity contribution in [3.05, 3.63) is 21.6 Å². The van der Waals surface area contributed by atoms with Crippen molar-refractivity contribution in [3.8, 4) is 0 Å². The Balaban J connectivity index is 1.97. The second kappa shape index (κ2) is 4.07. The van der Waals surface area contributed by atoms with Gasteiger partial charge < -0.3 is 10.1 Å². The van der Waals surface area contributed by atoms with Gasteiger partial charge in [0.05, 0.1) is 24.8 Å². The zero-order chi connectivity index (χ0) is 11.0. The number of rotatable bonds is 1. The van der Waals surface area contributed by atoms with Gasteiger partial charge in [-0.1, -0.05) is 0 Å². The van der Waals surface area contributed by atoms with Crippen LogP contribution in [0.25, 0.3) is 0 Å². The summed E-state index contributed by atoms with van der Waals surface area (Å²) in [5, 5.41) is 6.32. The van der Waals surface area contributed by atoms with Gasteiger partial charge >= 0.3 is 0 Å². The van der Waals surface area contributed by atoms with E-state index in [9.17, 15) is 4.79 Å². The number of aromatic nitrogens is 2. The van der Waals surface area contributed by atoms with Gasteiger partial charge in [0.1, 0.15) is 0 Å². The average Bonchev–Trinajstić information content (AvgIpc) is 2.69. The lowest BCUT2D eigenvalue weighted by Crippen LogP contribution is -2.31. The van der Waals surface area contributed by atoms with E-state index in [2.05, 4.69) is 15.1 Å². The number of ether oxygens (including phenoxy) is 1. The maximum absolute atomic E-state index is 11.8. The number of aromatic amines is 1. The molecule has 1 aromatic rings. The fraction of sp³-hybridized carbons (Fsp3) is 0.727. The lowest BCUT2D eigenvalue weighted by molar-refractivity contribution is 0.107. The predicted molar refractivity (Wildman–Crippen MR) is 59.6 cm³/mol. The Morgan fingerprint density at radius 1 is 1.31 bits per heavy atom. The Morgan fingerprint density at radius 3 is 2.94 bits per heavy atom. The number of hydrogen-bond acceptors (Lipinski definition) is 3. The Hall–Kier alpha value is -1.07. The standard InChI is InChI=1S/C11H17N3O2/c15-11-9-7-16-6-3-10(9)14(13-11)8-1-4-12-5-2-8/h8,12H,1-7H2,(H,13,15). The van der Waals surface area contributed by atoms with Gasteiger partial charge in [0.25, 0.3) is 5.56 Å². The molecule has 0 atom stereocenters. The number of nitrogens with one attached hydrogen (secondary N) is 2. The molecule has 0 unspecified atom stereocenters. The number of nitrogens with zero attached hydrogens (tertiary/aromatic N) is 1. The van der Waals surface area contributed by atoms with E-state index < -0.39 is 0 Å². The molecule has 16 heavy (non-hydrogen) atoms. The lowest BCUT2D eigenvalue weighted by atomic mass is 10.1. The summed E-state index contributed by atoms with van der Waals surface area (Å²) >= 11 is 0. The molecule has 2 aliphatic rings. The summed E-state index contributed by atoms with van der Waals surface area (Å²) in [4.78, 5) is 11.8. The van der Waals surface area contributed by atoms with Crippen molar-refractivity contribution < 1.29 is 4.74 Å². The molecule has 3 rings (SSSR count). The van der Waals surface area contributed by atoms with Crippen LogP contribution in [0.1, 0.15) is 30.1 Å². The van der Waals surface area contributed by atoms with Crippen LogP contribution >= 0.6 is 0 Å². The Labute approximate surface area is 93.8 Å². The van der Waals surface area contributed by atoms with Crippen molar-refractivity contribution in [3.63, 3.8) is 0 Å². The van der Waals surface area contributed by atoms with Gasteiger partial charge in [-0.3, -0.25) is 14.6 Å². The van der Waals surface area contributed by atoms with Gasteiger partial charge in [-0.2, -0.15) is 0 Å². The van der Waals surface area contributed by atoms with Crippen LogP contribution in [0.15, 0.2) is 4.79 Å². The van der Waals surface area contributed by atoms with E-state index >= 15 is 0 Å². The van der Waals surface area contributed by atoms with Crippen LogP contribution in [0.2, 0.25) is 0 Å². The van der Waals surface area contributed by atoms with Gasteiger partial charge in [-0.25, -0.2) is 0 Å². The molecular weight excluding hydrogens is 206 g/mol. The molecule has 2 aliphatic heterocycles. The summed E-state index contributed by atoms with van der Waals surface area (Å²) in [6, 6.07) is 0.454. The SMILES string of the molecule is O=c1[nH]n(C2CCNCC2)c2c1COCC2. The monoisotopic (exact) mass is 223 g/mol.